The molecule has 3 aromatic rings. The average Bonchev–Trinajstić information content (AvgIpc) is 3.67. The summed E-state index contributed by atoms with van der Waals surface area (Å²) < 4.78 is 45.0. The van der Waals surface area contributed by atoms with Crippen molar-refractivity contribution in [1.29, 1.82) is 0 Å². The number of alkyl carbamates (subject to hydrolysis) is 1. The molecular formula is C40H52N6O9S. The summed E-state index contributed by atoms with van der Waals surface area (Å²) in [5, 5.41) is 5.10. The topological polar surface area (TPSA) is 195 Å². The smallest absolute Gasteiger partial charge is 0.408 e. The van der Waals surface area contributed by atoms with Gasteiger partial charge < -0.3 is 29.7 Å². The number of hydrogen-bond acceptors (Lipinski definition) is 11. The Labute approximate surface area is 328 Å². The Morgan fingerprint density at radius 3 is 2.27 bits per heavy atom. The summed E-state index contributed by atoms with van der Waals surface area (Å²) in [4.78, 5) is 66.5. The molecule has 0 radical (unpaired) electrons. The molecule has 4 amide bonds. The zero-order valence-electron chi connectivity index (χ0n) is 33.3. The summed E-state index contributed by atoms with van der Waals surface area (Å²) in [5.41, 5.74) is -2.01. The molecule has 0 bridgehead atoms. The number of carbonyl (C=O) groups is 4. The standard InChI is InChI=1S/C40H52N6O9S/c1-11-25-21-40(25,36(49)45-56(51,52)23(2)3)44-33(47)30-20-27(22-46(30)35(48)31(38(4,5)6)42-37(50)55-39(7,8)9)54-34-28-19-26(53-10)17-18-29(28)41-32(43-34)24-15-13-12-14-16-24/h11-19,23,25,27,30-31H,1,20-22H2,2-10H3,(H,42,50)(H,44,47)(H,45,49)/t25?,27-,30?,31-,40?/m1/s1. The number of nitrogens with zero attached hydrogens (tertiary/aromatic N) is 3. The van der Waals surface area contributed by atoms with Gasteiger partial charge in [0.05, 0.1) is 29.8 Å². The normalized spacial score (nSPS) is 21.5. The molecule has 3 N–H and O–H groups in total. The van der Waals surface area contributed by atoms with Gasteiger partial charge in [-0.3, -0.25) is 19.1 Å². The third kappa shape index (κ3) is 9.23. The van der Waals surface area contributed by atoms with Gasteiger partial charge in [-0.25, -0.2) is 18.2 Å². The molecule has 15 nitrogen and oxygen atoms in total. The van der Waals surface area contributed by atoms with E-state index in [0.717, 1.165) is 5.56 Å². The fourth-order valence-electron chi connectivity index (χ4n) is 6.46. The zero-order chi connectivity index (χ0) is 41.4. The van der Waals surface area contributed by atoms with E-state index in [9.17, 15) is 27.6 Å². The Kier molecular flexibility index (Phi) is 11.8. The first-order valence-electron chi connectivity index (χ1n) is 18.5. The molecule has 2 heterocycles. The number of ether oxygens (including phenoxy) is 3. The van der Waals surface area contributed by atoms with Crippen LogP contribution in [0.25, 0.3) is 22.3 Å². The molecule has 1 saturated heterocycles. The van der Waals surface area contributed by atoms with E-state index in [4.69, 9.17) is 24.2 Å². The summed E-state index contributed by atoms with van der Waals surface area (Å²) in [6, 6.07) is 12.2. The van der Waals surface area contributed by atoms with E-state index in [2.05, 4.69) is 21.9 Å². The zero-order valence-corrected chi connectivity index (χ0v) is 34.2. The molecule has 1 aromatic heterocycles. The number of hydrogen-bond donors (Lipinski definition) is 3. The Hall–Kier alpha value is -5.25. The molecule has 5 atom stereocenters. The van der Waals surface area contributed by atoms with Gasteiger partial charge in [0.15, 0.2) is 5.82 Å². The van der Waals surface area contributed by atoms with Crippen LogP contribution >= 0.6 is 0 Å². The summed E-state index contributed by atoms with van der Waals surface area (Å²) >= 11 is 0. The van der Waals surface area contributed by atoms with Gasteiger partial charge in [-0.2, -0.15) is 4.98 Å². The number of methoxy groups -OCH3 is 1. The van der Waals surface area contributed by atoms with Crippen LogP contribution in [0.5, 0.6) is 11.6 Å². The number of nitrogens with one attached hydrogen (secondary N) is 3. The highest BCUT2D eigenvalue weighted by Gasteiger charge is 2.61. The summed E-state index contributed by atoms with van der Waals surface area (Å²) in [6.07, 6.45) is -0.0976. The van der Waals surface area contributed by atoms with Crippen molar-refractivity contribution < 1.29 is 41.8 Å². The van der Waals surface area contributed by atoms with Gasteiger partial charge in [-0.1, -0.05) is 57.2 Å². The molecule has 2 aliphatic rings. The Morgan fingerprint density at radius 1 is 1.02 bits per heavy atom. The number of aromatic nitrogens is 2. The first-order chi connectivity index (χ1) is 26.1. The molecule has 5 rings (SSSR count). The maximum atomic E-state index is 14.6. The second-order valence-electron chi connectivity index (χ2n) is 16.6. The van der Waals surface area contributed by atoms with E-state index >= 15 is 0 Å². The molecule has 56 heavy (non-hydrogen) atoms. The number of rotatable bonds is 12. The lowest BCUT2D eigenvalue weighted by Crippen LogP contribution is -2.60. The van der Waals surface area contributed by atoms with Gasteiger partial charge in [0.25, 0.3) is 5.91 Å². The Bertz CT molecular complexity index is 2110. The van der Waals surface area contributed by atoms with Crippen LogP contribution in [-0.4, -0.2) is 95.3 Å². The van der Waals surface area contributed by atoms with Gasteiger partial charge in [0.1, 0.15) is 35.1 Å². The van der Waals surface area contributed by atoms with Crippen molar-refractivity contribution in [3.8, 4) is 23.0 Å². The van der Waals surface area contributed by atoms with Crippen LogP contribution in [0.4, 0.5) is 4.79 Å². The van der Waals surface area contributed by atoms with Crippen LogP contribution in [-0.2, 0) is 29.1 Å². The van der Waals surface area contributed by atoms with Crippen LogP contribution in [0.3, 0.4) is 0 Å². The molecule has 1 aliphatic carbocycles. The number of benzene rings is 2. The third-order valence-electron chi connectivity index (χ3n) is 9.71. The second-order valence-corrected chi connectivity index (χ2v) is 18.8. The van der Waals surface area contributed by atoms with Gasteiger partial charge in [-0.05, 0) is 64.7 Å². The molecule has 302 valence electrons. The second kappa shape index (κ2) is 15.7. The first-order valence-corrected chi connectivity index (χ1v) is 20.0. The number of likely N-dealkylation sites (tertiary alicyclic amines) is 1. The van der Waals surface area contributed by atoms with Gasteiger partial charge >= 0.3 is 6.09 Å². The maximum absolute atomic E-state index is 14.6. The van der Waals surface area contributed by atoms with Crippen molar-refractivity contribution >= 4 is 44.7 Å². The number of fused-ring (bicyclic) bond motifs is 1. The fraction of sp³-hybridized carbons (Fsp3) is 0.500. The molecule has 3 unspecified atom stereocenters. The van der Waals surface area contributed by atoms with Crippen molar-refractivity contribution in [1.82, 2.24) is 30.2 Å². The van der Waals surface area contributed by atoms with Crippen molar-refractivity contribution in [3.63, 3.8) is 0 Å². The third-order valence-corrected chi connectivity index (χ3v) is 11.4. The van der Waals surface area contributed by atoms with E-state index in [1.165, 1.54) is 31.9 Å². The minimum absolute atomic E-state index is 0.0439. The molecule has 2 fully saturated rings. The molecule has 16 heteroatoms. The molecule has 0 spiro atoms. The fourth-order valence-corrected chi connectivity index (χ4v) is 7.14. The van der Waals surface area contributed by atoms with Crippen molar-refractivity contribution in [2.24, 2.45) is 11.3 Å². The Morgan fingerprint density at radius 2 is 1.70 bits per heavy atom. The van der Waals surface area contributed by atoms with E-state index in [1.54, 1.807) is 59.7 Å². The summed E-state index contributed by atoms with van der Waals surface area (Å²) in [6.45, 7) is 16.9. The minimum Gasteiger partial charge on any atom is -0.497 e. The first kappa shape index (κ1) is 41.9. The lowest BCUT2D eigenvalue weighted by molar-refractivity contribution is -0.143. The van der Waals surface area contributed by atoms with Gasteiger partial charge in [0.2, 0.25) is 27.7 Å². The van der Waals surface area contributed by atoms with E-state index in [1.807, 2.05) is 30.3 Å². The number of sulfonamides is 1. The lowest BCUT2D eigenvalue weighted by Gasteiger charge is -2.36. The monoisotopic (exact) mass is 792 g/mol. The molecule has 1 aliphatic heterocycles. The largest absolute Gasteiger partial charge is 0.497 e. The van der Waals surface area contributed by atoms with Crippen molar-refractivity contribution in [3.05, 3.63) is 61.2 Å². The van der Waals surface area contributed by atoms with Crippen LogP contribution in [0.15, 0.2) is 61.2 Å². The highest BCUT2D eigenvalue weighted by atomic mass is 32.2. The molecule has 2 aromatic carbocycles. The predicted octanol–water partition coefficient (Wildman–Crippen LogP) is 4.51. The SMILES string of the molecule is C=CC1CC1(NC(=O)C1C[C@@H](Oc2nc(-c3ccccc3)nc3ccc(OC)cc23)CN1C(=O)[C@@H](NC(=O)OC(C)(C)C)C(C)(C)C)C(=O)NS(=O)(=O)C(C)C. The van der Waals surface area contributed by atoms with E-state index in [-0.39, 0.29) is 25.3 Å². The molecule has 1 saturated carbocycles. The van der Waals surface area contributed by atoms with E-state index < -0.39 is 79.7 Å². The summed E-state index contributed by atoms with van der Waals surface area (Å²) in [7, 11) is -2.51. The number of amides is 4. The lowest BCUT2D eigenvalue weighted by atomic mass is 9.85. The molecular weight excluding hydrogens is 741 g/mol. The number of carbonyl (C=O) groups excluding carboxylic acids is 4. The van der Waals surface area contributed by atoms with Crippen LogP contribution in [0, 0.1) is 11.3 Å². The summed E-state index contributed by atoms with van der Waals surface area (Å²) in [5.74, 6) is -1.66. The highest BCUT2D eigenvalue weighted by molar-refractivity contribution is 7.90. The predicted molar refractivity (Wildman–Crippen MR) is 210 cm³/mol. The van der Waals surface area contributed by atoms with Crippen LogP contribution < -0.4 is 24.8 Å². The highest BCUT2D eigenvalue weighted by Crippen LogP contribution is 2.45. The van der Waals surface area contributed by atoms with Crippen LogP contribution in [0.2, 0.25) is 0 Å². The quantitative estimate of drug-likeness (QED) is 0.219. The van der Waals surface area contributed by atoms with E-state index in [0.29, 0.717) is 22.5 Å². The average molecular weight is 793 g/mol. The van der Waals surface area contributed by atoms with Gasteiger partial charge in [0, 0.05) is 17.9 Å². The van der Waals surface area contributed by atoms with Gasteiger partial charge in [-0.15, -0.1) is 6.58 Å². The van der Waals surface area contributed by atoms with Crippen molar-refractivity contribution in [2.45, 2.75) is 103 Å². The minimum atomic E-state index is -4.04. The van der Waals surface area contributed by atoms with Crippen LogP contribution in [0.1, 0.15) is 68.2 Å². The maximum Gasteiger partial charge on any atom is 0.408 e. The van der Waals surface area contributed by atoms with Crippen molar-refractivity contribution in [2.75, 3.05) is 13.7 Å². The Balaban J connectivity index is 1.53.